The van der Waals surface area contributed by atoms with Crippen LogP contribution in [0, 0.1) is 6.92 Å². The molecule has 2 aromatic rings. The number of aromatic nitrogens is 1. The predicted molar refractivity (Wildman–Crippen MR) is 62.3 cm³/mol. The number of carbonyl (C=O) groups excluding carboxylic acids is 1. The molecule has 78 valence electrons. The summed E-state index contributed by atoms with van der Waals surface area (Å²) in [5.41, 5.74) is 2.90. The van der Waals surface area contributed by atoms with Crippen molar-refractivity contribution in [2.45, 2.75) is 26.7 Å². The van der Waals surface area contributed by atoms with E-state index >= 15 is 0 Å². The summed E-state index contributed by atoms with van der Waals surface area (Å²) in [6, 6.07) is 8.03. The fourth-order valence-corrected chi connectivity index (χ4v) is 1.91. The number of carbonyl (C=O) groups is 1. The van der Waals surface area contributed by atoms with Crippen molar-refractivity contribution in [3.63, 3.8) is 0 Å². The number of aryl methyl sites for hydroxylation is 1. The van der Waals surface area contributed by atoms with E-state index in [1.54, 1.807) is 0 Å². The van der Waals surface area contributed by atoms with E-state index in [2.05, 4.69) is 4.98 Å². The van der Waals surface area contributed by atoms with Crippen LogP contribution in [0.25, 0.3) is 10.9 Å². The van der Waals surface area contributed by atoms with Gasteiger partial charge >= 0.3 is 0 Å². The number of fused-ring (bicyclic) bond motifs is 1. The molecule has 0 fully saturated rings. The Morgan fingerprint density at radius 2 is 2.07 bits per heavy atom. The van der Waals surface area contributed by atoms with Crippen molar-refractivity contribution in [2.75, 3.05) is 0 Å². The van der Waals surface area contributed by atoms with Crippen LogP contribution in [0.3, 0.4) is 0 Å². The third-order valence-electron chi connectivity index (χ3n) is 2.72. The number of Topliss-reactive ketones (excluding diaryl/α,β-unsaturated/α-hetero) is 1. The van der Waals surface area contributed by atoms with Crippen LogP contribution in [0.1, 0.15) is 35.8 Å². The molecule has 0 aliphatic heterocycles. The van der Waals surface area contributed by atoms with Gasteiger partial charge in [-0.2, -0.15) is 0 Å². The van der Waals surface area contributed by atoms with E-state index in [-0.39, 0.29) is 5.78 Å². The highest BCUT2D eigenvalue weighted by atomic mass is 16.1. The Labute approximate surface area is 89.3 Å². The van der Waals surface area contributed by atoms with Crippen LogP contribution in [0.4, 0.5) is 0 Å². The van der Waals surface area contributed by atoms with Crippen molar-refractivity contribution in [1.29, 1.82) is 0 Å². The molecular weight excluding hydrogens is 186 g/mol. The van der Waals surface area contributed by atoms with Gasteiger partial charge in [0.25, 0.3) is 0 Å². The molecule has 0 saturated carbocycles. The first-order valence-corrected chi connectivity index (χ1v) is 5.34. The van der Waals surface area contributed by atoms with Crippen LogP contribution in [-0.4, -0.2) is 10.8 Å². The predicted octanol–water partition coefficient (Wildman–Crippen LogP) is 3.46. The van der Waals surface area contributed by atoms with Crippen molar-refractivity contribution in [2.24, 2.45) is 0 Å². The molecule has 0 bridgehead atoms. The summed E-state index contributed by atoms with van der Waals surface area (Å²) >= 11 is 0. The van der Waals surface area contributed by atoms with Gasteiger partial charge in [0.1, 0.15) is 0 Å². The van der Waals surface area contributed by atoms with E-state index in [9.17, 15) is 4.79 Å². The van der Waals surface area contributed by atoms with Crippen molar-refractivity contribution in [3.8, 4) is 0 Å². The molecule has 1 N–H and O–H groups in total. The number of hydrogen-bond acceptors (Lipinski definition) is 1. The van der Waals surface area contributed by atoms with Crippen LogP contribution in [-0.2, 0) is 0 Å². The van der Waals surface area contributed by atoms with Crippen molar-refractivity contribution >= 4 is 16.7 Å². The highest BCUT2D eigenvalue weighted by Crippen LogP contribution is 2.22. The Morgan fingerprint density at radius 3 is 2.73 bits per heavy atom. The largest absolute Gasteiger partial charge is 0.352 e. The zero-order valence-corrected chi connectivity index (χ0v) is 9.13. The monoisotopic (exact) mass is 201 g/mol. The molecule has 0 radical (unpaired) electrons. The topological polar surface area (TPSA) is 32.9 Å². The SMILES string of the molecule is CCCC(=O)c1[nH]c2ccccc2c1C. The molecule has 0 unspecified atom stereocenters. The normalized spacial score (nSPS) is 10.8. The Bertz CT molecular complexity index is 496. The van der Waals surface area contributed by atoms with Crippen molar-refractivity contribution < 1.29 is 4.79 Å². The first-order chi connectivity index (χ1) is 7.24. The molecule has 0 spiro atoms. The van der Waals surface area contributed by atoms with Gasteiger partial charge in [0.15, 0.2) is 5.78 Å². The minimum Gasteiger partial charge on any atom is -0.352 e. The van der Waals surface area contributed by atoms with Crippen LogP contribution >= 0.6 is 0 Å². The number of H-pyrrole nitrogens is 1. The number of ketones is 1. The third-order valence-corrected chi connectivity index (χ3v) is 2.72. The number of hydrogen-bond donors (Lipinski definition) is 1. The summed E-state index contributed by atoms with van der Waals surface area (Å²) in [6.45, 7) is 4.03. The van der Waals surface area contributed by atoms with E-state index in [4.69, 9.17) is 0 Å². The van der Waals surface area contributed by atoms with Gasteiger partial charge in [0, 0.05) is 17.3 Å². The van der Waals surface area contributed by atoms with Gasteiger partial charge in [-0.3, -0.25) is 4.79 Å². The summed E-state index contributed by atoms with van der Waals surface area (Å²) in [7, 11) is 0. The van der Waals surface area contributed by atoms with Crippen molar-refractivity contribution in [3.05, 3.63) is 35.5 Å². The molecule has 2 rings (SSSR count). The van der Waals surface area contributed by atoms with Gasteiger partial charge in [-0.1, -0.05) is 25.1 Å². The first kappa shape index (κ1) is 9.97. The number of para-hydroxylation sites is 1. The lowest BCUT2D eigenvalue weighted by Gasteiger charge is -1.96. The lowest BCUT2D eigenvalue weighted by atomic mass is 10.1. The van der Waals surface area contributed by atoms with Crippen LogP contribution in [0.2, 0.25) is 0 Å². The maximum atomic E-state index is 11.8. The highest BCUT2D eigenvalue weighted by molar-refractivity contribution is 6.01. The minimum absolute atomic E-state index is 0.214. The molecule has 0 aliphatic rings. The number of nitrogens with one attached hydrogen (secondary N) is 1. The average Bonchev–Trinajstić information content (AvgIpc) is 2.57. The smallest absolute Gasteiger partial charge is 0.179 e. The molecule has 0 atom stereocenters. The van der Waals surface area contributed by atoms with Gasteiger partial charge < -0.3 is 4.98 Å². The highest BCUT2D eigenvalue weighted by Gasteiger charge is 2.12. The summed E-state index contributed by atoms with van der Waals surface area (Å²) in [4.78, 5) is 15.0. The van der Waals surface area contributed by atoms with E-state index in [1.165, 1.54) is 0 Å². The Morgan fingerprint density at radius 1 is 1.33 bits per heavy atom. The standard InChI is InChI=1S/C13H15NO/c1-3-6-12(15)13-9(2)10-7-4-5-8-11(10)14-13/h4-5,7-8,14H,3,6H2,1-2H3. The first-order valence-electron chi connectivity index (χ1n) is 5.34. The van der Waals surface area contributed by atoms with Crippen LogP contribution in [0.5, 0.6) is 0 Å². The van der Waals surface area contributed by atoms with Crippen LogP contribution < -0.4 is 0 Å². The maximum Gasteiger partial charge on any atom is 0.179 e. The van der Waals surface area contributed by atoms with Gasteiger partial charge in [0.2, 0.25) is 0 Å². The second-order valence-corrected chi connectivity index (χ2v) is 3.84. The van der Waals surface area contributed by atoms with E-state index in [0.717, 1.165) is 28.6 Å². The zero-order chi connectivity index (χ0) is 10.8. The van der Waals surface area contributed by atoms with Gasteiger partial charge in [0.05, 0.1) is 5.69 Å². The summed E-state index contributed by atoms with van der Waals surface area (Å²) in [5, 5.41) is 1.15. The summed E-state index contributed by atoms with van der Waals surface area (Å²) < 4.78 is 0. The lowest BCUT2D eigenvalue weighted by Crippen LogP contribution is -2.00. The van der Waals surface area contributed by atoms with E-state index in [1.807, 2.05) is 38.1 Å². The fourth-order valence-electron chi connectivity index (χ4n) is 1.91. The van der Waals surface area contributed by atoms with Gasteiger partial charge in [-0.05, 0) is 25.0 Å². The molecule has 0 saturated heterocycles. The number of benzene rings is 1. The van der Waals surface area contributed by atoms with E-state index < -0.39 is 0 Å². The Kier molecular flexibility index (Phi) is 2.58. The fraction of sp³-hybridized carbons (Fsp3) is 0.308. The molecular formula is C13H15NO. The second-order valence-electron chi connectivity index (χ2n) is 3.84. The zero-order valence-electron chi connectivity index (χ0n) is 9.13. The van der Waals surface area contributed by atoms with Gasteiger partial charge in [-0.25, -0.2) is 0 Å². The molecule has 15 heavy (non-hydrogen) atoms. The molecule has 2 heteroatoms. The Hall–Kier alpha value is -1.57. The quantitative estimate of drug-likeness (QED) is 0.758. The number of aromatic amines is 1. The second kappa shape index (κ2) is 3.89. The summed E-state index contributed by atoms with van der Waals surface area (Å²) in [6.07, 6.45) is 1.52. The molecule has 0 amide bonds. The molecule has 2 nitrogen and oxygen atoms in total. The maximum absolute atomic E-state index is 11.8. The molecule has 1 heterocycles. The van der Waals surface area contributed by atoms with E-state index in [0.29, 0.717) is 6.42 Å². The minimum atomic E-state index is 0.214. The number of rotatable bonds is 3. The molecule has 1 aromatic heterocycles. The average molecular weight is 201 g/mol. The molecule has 1 aromatic carbocycles. The van der Waals surface area contributed by atoms with Gasteiger partial charge in [-0.15, -0.1) is 0 Å². The van der Waals surface area contributed by atoms with Crippen molar-refractivity contribution in [1.82, 2.24) is 4.98 Å². The summed E-state index contributed by atoms with van der Waals surface area (Å²) in [5.74, 6) is 0.214. The van der Waals surface area contributed by atoms with Crippen LogP contribution in [0.15, 0.2) is 24.3 Å². The molecule has 0 aliphatic carbocycles. The Balaban J connectivity index is 2.53. The third kappa shape index (κ3) is 1.67. The lowest BCUT2D eigenvalue weighted by molar-refractivity contribution is 0.0977.